The van der Waals surface area contributed by atoms with Gasteiger partial charge in [-0.25, -0.2) is 4.79 Å². The van der Waals surface area contributed by atoms with Crippen LogP contribution in [-0.4, -0.2) is 49.3 Å². The van der Waals surface area contributed by atoms with Gasteiger partial charge in [-0.05, 0) is 37.6 Å². The molecule has 0 saturated carbocycles. The van der Waals surface area contributed by atoms with E-state index in [1.807, 2.05) is 54.7 Å². The smallest absolute Gasteiger partial charge is 0.333 e. The number of benzene rings is 3. The van der Waals surface area contributed by atoms with Crippen LogP contribution < -0.4 is 14.8 Å². The number of hydrogen-bond acceptors (Lipinski definition) is 7. The highest BCUT2D eigenvalue weighted by Gasteiger charge is 2.32. The van der Waals surface area contributed by atoms with E-state index in [1.54, 1.807) is 32.2 Å². The van der Waals surface area contributed by atoms with E-state index in [1.165, 1.54) is 14.2 Å². The topological polar surface area (TPSA) is 115 Å². The molecule has 3 aromatic carbocycles. The molecule has 0 amide bonds. The molecule has 41 heavy (non-hydrogen) atoms. The van der Waals surface area contributed by atoms with Gasteiger partial charge in [0, 0.05) is 51.4 Å². The summed E-state index contributed by atoms with van der Waals surface area (Å²) in [6.45, 7) is 3.99. The number of rotatable bonds is 11. The van der Waals surface area contributed by atoms with Crippen molar-refractivity contribution >= 4 is 39.4 Å². The van der Waals surface area contributed by atoms with Gasteiger partial charge in [0.05, 0.1) is 33.1 Å². The Morgan fingerprint density at radius 1 is 0.732 bits per heavy atom. The molecule has 3 N–H and O–H groups in total. The molecule has 2 unspecified atom stereocenters. The van der Waals surface area contributed by atoms with Gasteiger partial charge in [-0.15, -0.1) is 0 Å². The Kier molecular flexibility index (Phi) is 8.14. The van der Waals surface area contributed by atoms with Crippen LogP contribution in [0.1, 0.15) is 42.5 Å². The van der Waals surface area contributed by atoms with E-state index >= 15 is 0 Å². The fraction of sp³-hybridized carbons (Fsp3) is 0.250. The van der Waals surface area contributed by atoms with E-state index in [0.717, 1.165) is 32.9 Å². The van der Waals surface area contributed by atoms with Gasteiger partial charge in [0.1, 0.15) is 17.4 Å². The van der Waals surface area contributed by atoms with Crippen molar-refractivity contribution < 1.29 is 28.5 Å². The van der Waals surface area contributed by atoms with Crippen molar-refractivity contribution in [2.24, 2.45) is 0 Å². The molecule has 0 aliphatic heterocycles. The first-order chi connectivity index (χ1) is 20.0. The molecule has 0 aliphatic rings. The summed E-state index contributed by atoms with van der Waals surface area (Å²) in [7, 11) is 3.07. The van der Waals surface area contributed by atoms with E-state index in [2.05, 4.69) is 15.3 Å². The first kappa shape index (κ1) is 27.6. The minimum atomic E-state index is -0.843. The quantitative estimate of drug-likeness (QED) is 0.169. The lowest BCUT2D eigenvalue weighted by Crippen LogP contribution is -2.24. The maximum absolute atomic E-state index is 13.4. The van der Waals surface area contributed by atoms with E-state index in [4.69, 9.17) is 18.9 Å². The third-order valence-corrected chi connectivity index (χ3v) is 7.07. The number of hydrogen-bond donors (Lipinski definition) is 3. The zero-order valence-electron chi connectivity index (χ0n) is 23.4. The van der Waals surface area contributed by atoms with Gasteiger partial charge < -0.3 is 34.2 Å². The molecular weight excluding hydrogens is 522 g/mol. The molecule has 5 rings (SSSR count). The maximum Gasteiger partial charge on any atom is 0.333 e. The molecule has 0 aliphatic carbocycles. The summed E-state index contributed by atoms with van der Waals surface area (Å²) in [5, 5.41) is 5.11. The van der Waals surface area contributed by atoms with Crippen molar-refractivity contribution in [3.63, 3.8) is 0 Å². The van der Waals surface area contributed by atoms with Gasteiger partial charge in [0.25, 0.3) is 0 Å². The average Bonchev–Trinajstić information content (AvgIpc) is 3.61. The number of para-hydroxylation sites is 2. The Labute approximate surface area is 237 Å². The van der Waals surface area contributed by atoms with Gasteiger partial charge in [-0.3, -0.25) is 4.79 Å². The number of aromatic amines is 2. The lowest BCUT2D eigenvalue weighted by atomic mass is 9.89. The standard InChI is InChI=1S/C32H33N3O6/c1-5-40-31(36)29(22-17-33-24-13-9-7-11-19(22)24)21-15-28(39-4)26(16-27(21)38-3)35-30(32(37)41-6-2)23-18-34-25-14-10-8-12-20(23)25/h7-18,29-30,33-35H,5-6H2,1-4H3. The molecule has 5 aromatic rings. The Morgan fingerprint density at radius 2 is 1.29 bits per heavy atom. The van der Waals surface area contributed by atoms with Gasteiger partial charge in [-0.1, -0.05) is 36.4 Å². The van der Waals surface area contributed by atoms with Crippen molar-refractivity contribution in [1.29, 1.82) is 0 Å². The molecule has 0 fully saturated rings. The van der Waals surface area contributed by atoms with Gasteiger partial charge in [0.15, 0.2) is 6.04 Å². The van der Waals surface area contributed by atoms with Crippen molar-refractivity contribution in [2.75, 3.05) is 32.8 Å². The zero-order valence-corrected chi connectivity index (χ0v) is 23.4. The average molecular weight is 556 g/mol. The Hall–Kier alpha value is -4.92. The van der Waals surface area contributed by atoms with Crippen LogP contribution in [0.4, 0.5) is 5.69 Å². The molecule has 212 valence electrons. The Bertz CT molecular complexity index is 1690. The minimum Gasteiger partial charge on any atom is -0.496 e. The summed E-state index contributed by atoms with van der Waals surface area (Å²) in [5.41, 5.74) is 4.35. The number of ether oxygens (including phenoxy) is 4. The van der Waals surface area contributed by atoms with Crippen molar-refractivity contribution in [3.8, 4) is 11.5 Å². The highest BCUT2D eigenvalue weighted by Crippen LogP contribution is 2.43. The number of H-pyrrole nitrogens is 2. The predicted molar refractivity (Wildman–Crippen MR) is 158 cm³/mol. The third-order valence-electron chi connectivity index (χ3n) is 7.07. The lowest BCUT2D eigenvalue weighted by Gasteiger charge is -2.24. The Balaban J connectivity index is 1.62. The van der Waals surface area contributed by atoms with Crippen molar-refractivity contribution in [2.45, 2.75) is 25.8 Å². The van der Waals surface area contributed by atoms with Gasteiger partial charge >= 0.3 is 11.9 Å². The van der Waals surface area contributed by atoms with E-state index in [0.29, 0.717) is 22.7 Å². The fourth-order valence-corrected chi connectivity index (χ4v) is 5.22. The number of fused-ring (bicyclic) bond motifs is 2. The molecule has 2 heterocycles. The fourth-order valence-electron chi connectivity index (χ4n) is 5.22. The number of carbonyl (C=O) groups excluding carboxylic acids is 2. The molecule has 9 heteroatoms. The Morgan fingerprint density at radius 3 is 1.90 bits per heavy atom. The highest BCUT2D eigenvalue weighted by atomic mass is 16.5. The summed E-state index contributed by atoms with van der Waals surface area (Å²) in [6.07, 6.45) is 3.61. The number of carbonyl (C=O) groups is 2. The van der Waals surface area contributed by atoms with Crippen LogP contribution in [0.3, 0.4) is 0 Å². The maximum atomic E-state index is 13.4. The van der Waals surface area contributed by atoms with Crippen LogP contribution in [0.25, 0.3) is 21.8 Å². The monoisotopic (exact) mass is 555 g/mol. The molecule has 9 nitrogen and oxygen atoms in total. The summed E-state index contributed by atoms with van der Waals surface area (Å²) in [5.74, 6) is -0.798. The summed E-state index contributed by atoms with van der Waals surface area (Å²) >= 11 is 0. The first-order valence-electron chi connectivity index (χ1n) is 13.5. The largest absolute Gasteiger partial charge is 0.496 e. The molecule has 0 saturated heterocycles. The second-order valence-electron chi connectivity index (χ2n) is 9.39. The SMILES string of the molecule is CCOC(=O)C(Nc1cc(OC)c(C(C(=O)OCC)c2c[nH]c3ccccc23)cc1OC)c1c[nH]c2ccccc12. The zero-order chi connectivity index (χ0) is 28.9. The second kappa shape index (κ2) is 12.1. The van der Waals surface area contributed by atoms with Crippen molar-refractivity contribution in [3.05, 3.63) is 89.7 Å². The molecule has 0 bridgehead atoms. The molecular formula is C32H33N3O6. The third kappa shape index (κ3) is 5.30. The number of aromatic nitrogens is 2. The van der Waals surface area contributed by atoms with Crippen LogP contribution >= 0.6 is 0 Å². The number of esters is 2. The van der Waals surface area contributed by atoms with Crippen LogP contribution in [0.15, 0.2) is 73.1 Å². The van der Waals surface area contributed by atoms with Crippen molar-refractivity contribution in [1.82, 2.24) is 9.97 Å². The number of anilines is 1. The van der Waals surface area contributed by atoms with Gasteiger partial charge in [0.2, 0.25) is 0 Å². The second-order valence-corrected chi connectivity index (χ2v) is 9.39. The normalized spacial score (nSPS) is 12.6. The minimum absolute atomic E-state index is 0.225. The lowest BCUT2D eigenvalue weighted by molar-refractivity contribution is -0.144. The molecule has 0 radical (unpaired) electrons. The summed E-state index contributed by atoms with van der Waals surface area (Å²) in [6, 6.07) is 18.1. The van der Waals surface area contributed by atoms with E-state index in [9.17, 15) is 9.59 Å². The van der Waals surface area contributed by atoms with Crippen LogP contribution in [0.5, 0.6) is 11.5 Å². The molecule has 0 spiro atoms. The molecule has 2 atom stereocenters. The predicted octanol–water partition coefficient (Wildman–Crippen LogP) is 6.08. The summed E-state index contributed by atoms with van der Waals surface area (Å²) in [4.78, 5) is 33.1. The van der Waals surface area contributed by atoms with Crippen LogP contribution in [-0.2, 0) is 19.1 Å². The van der Waals surface area contributed by atoms with E-state index < -0.39 is 23.9 Å². The number of methoxy groups -OCH3 is 2. The highest BCUT2D eigenvalue weighted by molar-refractivity contribution is 5.94. The summed E-state index contributed by atoms with van der Waals surface area (Å²) < 4.78 is 22.6. The first-order valence-corrected chi connectivity index (χ1v) is 13.5. The van der Waals surface area contributed by atoms with E-state index in [-0.39, 0.29) is 13.2 Å². The van der Waals surface area contributed by atoms with Crippen LogP contribution in [0, 0.1) is 0 Å². The van der Waals surface area contributed by atoms with Crippen LogP contribution in [0.2, 0.25) is 0 Å². The number of nitrogens with one attached hydrogen (secondary N) is 3. The molecule has 2 aromatic heterocycles. The van der Waals surface area contributed by atoms with Gasteiger partial charge in [-0.2, -0.15) is 0 Å².